The van der Waals surface area contributed by atoms with Crippen molar-refractivity contribution >= 4 is 40.9 Å². The number of aromatic nitrogens is 1. The number of allylic oxidation sites excluding steroid dienone is 4. The van der Waals surface area contributed by atoms with Crippen molar-refractivity contribution in [1.29, 1.82) is 0 Å². The highest BCUT2D eigenvalue weighted by atomic mass is 32.2. The maximum Gasteiger partial charge on any atom is 0.322 e. The van der Waals surface area contributed by atoms with Crippen LogP contribution in [0.25, 0.3) is 0 Å². The molecule has 1 aromatic heterocycles. The van der Waals surface area contributed by atoms with Crippen LogP contribution in [0.5, 0.6) is 0 Å². The molecule has 222 valence electrons. The molecule has 7 nitrogen and oxygen atoms in total. The molecule has 3 aromatic rings. The number of nitrogens with one attached hydrogen (secondary N) is 2. The molecule has 3 heterocycles. The molecule has 2 aliphatic heterocycles. The Balaban J connectivity index is 1.12. The average Bonchev–Trinajstić information content (AvgIpc) is 3.34. The summed E-state index contributed by atoms with van der Waals surface area (Å²) in [4.78, 5) is 35.1. The fourth-order valence-electron chi connectivity index (χ4n) is 5.08. The first-order valence-electron chi connectivity index (χ1n) is 14.1. The minimum atomic E-state index is -0.472. The molecule has 2 aromatic carbocycles. The highest BCUT2D eigenvalue weighted by Gasteiger charge is 2.35. The minimum Gasteiger partial charge on any atom is -0.353 e. The predicted octanol–water partition coefficient (Wildman–Crippen LogP) is 6.64. The normalized spacial score (nSPS) is 18.7. The molecule has 0 bridgehead atoms. The van der Waals surface area contributed by atoms with Crippen LogP contribution < -0.4 is 15.5 Å². The number of para-hydroxylation sites is 1. The number of pyridine rings is 1. The third-order valence-electron chi connectivity index (χ3n) is 7.52. The molecular weight excluding hydrogens is 568 g/mol. The van der Waals surface area contributed by atoms with Gasteiger partial charge < -0.3 is 20.4 Å². The first-order chi connectivity index (χ1) is 20.8. The quantitative estimate of drug-likeness (QED) is 0.303. The van der Waals surface area contributed by atoms with Crippen LogP contribution in [-0.2, 0) is 11.2 Å². The smallest absolute Gasteiger partial charge is 0.322 e. The average molecular weight is 602 g/mol. The molecule has 2 atom stereocenters. The van der Waals surface area contributed by atoms with Gasteiger partial charge in [0.2, 0.25) is 5.91 Å². The summed E-state index contributed by atoms with van der Waals surface area (Å²) in [6.45, 7) is 8.07. The maximum atomic E-state index is 13.9. The van der Waals surface area contributed by atoms with Crippen molar-refractivity contribution in [1.82, 2.24) is 9.88 Å². The Labute approximate surface area is 254 Å². The molecule has 43 heavy (non-hydrogen) atoms. The fourth-order valence-corrected chi connectivity index (χ4v) is 6.45. The number of halogens is 2. The summed E-state index contributed by atoms with van der Waals surface area (Å²) in [6, 6.07) is 15.8. The lowest BCUT2D eigenvalue weighted by molar-refractivity contribution is -0.116. The summed E-state index contributed by atoms with van der Waals surface area (Å²) in [5.74, 6) is -0.110. The molecule has 2 unspecified atom stereocenters. The van der Waals surface area contributed by atoms with E-state index in [9.17, 15) is 18.4 Å². The Morgan fingerprint density at radius 2 is 1.77 bits per heavy atom. The number of benzene rings is 2. The SMILES string of the molecule is C=CC1=C(C=CCc2ccc(F)cc2)SC(C(=O)Nc2ccc(N3CCN(C(=O)Nc4ccccc4F)CC3)nc2)C1C. The van der Waals surface area contributed by atoms with Crippen LogP contribution in [0.3, 0.4) is 0 Å². The van der Waals surface area contributed by atoms with Gasteiger partial charge in [-0.15, -0.1) is 11.8 Å². The number of carbonyl (C=O) groups is 2. The highest BCUT2D eigenvalue weighted by Crippen LogP contribution is 2.43. The number of hydrogen-bond donors (Lipinski definition) is 2. The standard InChI is InChI=1S/C33H33F2N5O2S/c1-3-26-22(2)31(43-29(26)10-6-7-23-11-13-24(34)14-12-23)32(41)37-25-15-16-30(36-21-25)39-17-19-40(20-18-39)33(42)38-28-9-5-4-8-27(28)35/h3-6,8-16,21-22,31H,1,7,17-20H2,2H3,(H,37,41)(H,38,42). The van der Waals surface area contributed by atoms with Gasteiger partial charge in [-0.2, -0.15) is 0 Å². The van der Waals surface area contributed by atoms with E-state index in [2.05, 4.69) is 27.1 Å². The van der Waals surface area contributed by atoms with Gasteiger partial charge in [0.15, 0.2) is 0 Å². The first kappa shape index (κ1) is 30.0. The van der Waals surface area contributed by atoms with Gasteiger partial charge in [-0.25, -0.2) is 18.6 Å². The summed E-state index contributed by atoms with van der Waals surface area (Å²) < 4.78 is 27.1. The third-order valence-corrected chi connectivity index (χ3v) is 9.02. The van der Waals surface area contributed by atoms with Crippen molar-refractivity contribution in [2.75, 3.05) is 41.7 Å². The maximum absolute atomic E-state index is 13.9. The van der Waals surface area contributed by atoms with E-state index in [1.807, 2.05) is 37.3 Å². The molecular formula is C33H33F2N5O2S. The number of hydrogen-bond acceptors (Lipinski definition) is 5. The van der Waals surface area contributed by atoms with Crippen LogP contribution in [0.4, 0.5) is 30.8 Å². The molecule has 0 aliphatic carbocycles. The van der Waals surface area contributed by atoms with E-state index in [1.165, 1.54) is 36.0 Å². The molecule has 3 amide bonds. The molecule has 0 radical (unpaired) electrons. The van der Waals surface area contributed by atoms with Crippen molar-refractivity contribution < 1.29 is 18.4 Å². The van der Waals surface area contributed by atoms with Gasteiger partial charge in [-0.05, 0) is 54.0 Å². The zero-order valence-corrected chi connectivity index (χ0v) is 24.6. The van der Waals surface area contributed by atoms with Crippen LogP contribution in [0.1, 0.15) is 12.5 Å². The van der Waals surface area contributed by atoms with Gasteiger partial charge in [-0.3, -0.25) is 4.79 Å². The van der Waals surface area contributed by atoms with Gasteiger partial charge in [0.05, 0.1) is 22.8 Å². The van der Waals surface area contributed by atoms with Crippen molar-refractivity contribution in [2.24, 2.45) is 5.92 Å². The van der Waals surface area contributed by atoms with E-state index in [-0.39, 0.29) is 34.6 Å². The Hall–Kier alpha value is -4.44. The number of carbonyl (C=O) groups excluding carboxylic acids is 2. The van der Waals surface area contributed by atoms with E-state index in [4.69, 9.17) is 0 Å². The van der Waals surface area contributed by atoms with Crippen LogP contribution in [0.2, 0.25) is 0 Å². The van der Waals surface area contributed by atoms with Crippen LogP contribution >= 0.6 is 11.8 Å². The van der Waals surface area contributed by atoms with Crippen LogP contribution in [0, 0.1) is 17.6 Å². The molecule has 1 fully saturated rings. The van der Waals surface area contributed by atoms with Crippen molar-refractivity contribution in [3.63, 3.8) is 0 Å². The summed E-state index contributed by atoms with van der Waals surface area (Å²) in [7, 11) is 0. The van der Waals surface area contributed by atoms with Crippen molar-refractivity contribution in [2.45, 2.75) is 18.6 Å². The first-order valence-corrected chi connectivity index (χ1v) is 15.0. The largest absolute Gasteiger partial charge is 0.353 e. The minimum absolute atomic E-state index is 0.0212. The van der Waals surface area contributed by atoms with E-state index >= 15 is 0 Å². The van der Waals surface area contributed by atoms with Gasteiger partial charge in [0.25, 0.3) is 0 Å². The van der Waals surface area contributed by atoms with E-state index in [0.29, 0.717) is 38.3 Å². The molecule has 10 heteroatoms. The second-order valence-electron chi connectivity index (χ2n) is 10.4. The van der Waals surface area contributed by atoms with Gasteiger partial charge in [-0.1, -0.05) is 56.0 Å². The van der Waals surface area contributed by atoms with E-state index < -0.39 is 5.82 Å². The Morgan fingerprint density at radius 1 is 1.02 bits per heavy atom. The monoisotopic (exact) mass is 601 g/mol. The number of rotatable bonds is 8. The highest BCUT2D eigenvalue weighted by molar-refractivity contribution is 8.04. The Kier molecular flexibility index (Phi) is 9.56. The zero-order chi connectivity index (χ0) is 30.3. The topological polar surface area (TPSA) is 77.6 Å². The van der Waals surface area contributed by atoms with Gasteiger partial charge in [0, 0.05) is 37.0 Å². The Morgan fingerprint density at radius 3 is 2.44 bits per heavy atom. The Bertz CT molecular complexity index is 1530. The fraction of sp³-hybridized carbons (Fsp3) is 0.242. The second-order valence-corrected chi connectivity index (χ2v) is 11.5. The lowest BCUT2D eigenvalue weighted by atomic mass is 9.96. The molecule has 0 spiro atoms. The van der Waals surface area contributed by atoms with Crippen LogP contribution in [-0.4, -0.2) is 53.3 Å². The lowest BCUT2D eigenvalue weighted by Gasteiger charge is -2.35. The number of amides is 3. The number of piperazine rings is 1. The lowest BCUT2D eigenvalue weighted by Crippen LogP contribution is -2.50. The summed E-state index contributed by atoms with van der Waals surface area (Å²) in [6.07, 6.45) is 8.13. The zero-order valence-electron chi connectivity index (χ0n) is 23.8. The van der Waals surface area contributed by atoms with E-state index in [0.717, 1.165) is 21.9 Å². The van der Waals surface area contributed by atoms with Crippen molar-refractivity contribution in [3.8, 4) is 0 Å². The molecule has 1 saturated heterocycles. The molecule has 2 N–H and O–H groups in total. The summed E-state index contributed by atoms with van der Waals surface area (Å²) in [5, 5.41) is 5.30. The second kappa shape index (κ2) is 13.7. The molecule has 5 rings (SSSR count). The summed E-state index contributed by atoms with van der Waals surface area (Å²) >= 11 is 1.51. The number of urea groups is 1. The molecule has 0 saturated carbocycles. The summed E-state index contributed by atoms with van der Waals surface area (Å²) in [5.41, 5.74) is 2.79. The molecule has 2 aliphatic rings. The number of nitrogens with zero attached hydrogens (tertiary/aromatic N) is 3. The van der Waals surface area contributed by atoms with Gasteiger partial charge >= 0.3 is 6.03 Å². The van der Waals surface area contributed by atoms with Crippen molar-refractivity contribution in [3.05, 3.63) is 119 Å². The third kappa shape index (κ3) is 7.32. The van der Waals surface area contributed by atoms with E-state index in [1.54, 1.807) is 35.4 Å². The predicted molar refractivity (Wildman–Crippen MR) is 169 cm³/mol. The van der Waals surface area contributed by atoms with Crippen LogP contribution in [0.15, 0.2) is 102 Å². The number of thioether (sulfide) groups is 1. The van der Waals surface area contributed by atoms with Gasteiger partial charge in [0.1, 0.15) is 17.5 Å². The number of anilines is 3.